The Kier molecular flexibility index (Phi) is 5.23. The molecule has 0 bridgehead atoms. The van der Waals surface area contributed by atoms with Gasteiger partial charge in [-0.05, 0) is 30.7 Å². The summed E-state index contributed by atoms with van der Waals surface area (Å²) in [6.45, 7) is 0. The van der Waals surface area contributed by atoms with Gasteiger partial charge in [0.1, 0.15) is 5.65 Å². The van der Waals surface area contributed by atoms with Crippen LogP contribution in [-0.4, -0.2) is 20.3 Å². The molecule has 3 heterocycles. The molecular weight excluding hydrogens is 400 g/mol. The van der Waals surface area contributed by atoms with E-state index < -0.39 is 10.5 Å². The quantitative estimate of drug-likeness (QED) is 0.157. The largest absolute Gasteiger partial charge is 0.619 e. The van der Waals surface area contributed by atoms with Gasteiger partial charge < -0.3 is 5.21 Å². The van der Waals surface area contributed by atoms with Crippen molar-refractivity contribution >= 4 is 22.5 Å². The number of hydrogen-bond acceptors (Lipinski definition) is 6. The number of rotatable bonds is 6. The summed E-state index contributed by atoms with van der Waals surface area (Å²) in [6, 6.07) is 13.8. The molecule has 9 heteroatoms. The Hall–Kier alpha value is -4.40. The van der Waals surface area contributed by atoms with Crippen molar-refractivity contribution in [1.82, 2.24) is 9.55 Å². The van der Waals surface area contributed by atoms with Gasteiger partial charge in [-0.25, -0.2) is 4.98 Å². The number of benzene rings is 1. The maximum Gasteiger partial charge on any atom is 0.271 e. The number of nitro groups is 1. The third-order valence-corrected chi connectivity index (χ3v) is 4.88. The highest BCUT2D eigenvalue weighted by Gasteiger charge is 2.16. The fraction of sp³-hybridized carbons (Fsp3) is 0.0909. The van der Waals surface area contributed by atoms with Crippen LogP contribution in [0.1, 0.15) is 22.3 Å². The maximum absolute atomic E-state index is 13.3. The first kappa shape index (κ1) is 19.9. The Bertz CT molecular complexity index is 1360. The molecule has 4 rings (SSSR count). The number of carbonyl (C=O) groups excluding carboxylic acids is 1. The highest BCUT2D eigenvalue weighted by molar-refractivity contribution is 5.96. The predicted octanol–water partition coefficient (Wildman–Crippen LogP) is 2.74. The van der Waals surface area contributed by atoms with E-state index in [9.17, 15) is 24.9 Å². The highest BCUT2D eigenvalue weighted by atomic mass is 16.6. The second-order valence-corrected chi connectivity index (χ2v) is 6.87. The number of non-ortho nitro benzene ring substituents is 1. The van der Waals surface area contributed by atoms with Crippen molar-refractivity contribution in [1.29, 1.82) is 0 Å². The molecule has 4 aromatic rings. The number of ketones is 1. The second-order valence-electron chi connectivity index (χ2n) is 6.87. The molecule has 0 saturated heterocycles. The number of Topliss-reactive ketones (excluding diaryl/α,β-unsaturated/α-hetero) is 1. The van der Waals surface area contributed by atoms with Crippen molar-refractivity contribution in [2.45, 2.75) is 12.8 Å². The van der Waals surface area contributed by atoms with E-state index in [4.69, 9.17) is 0 Å². The zero-order chi connectivity index (χ0) is 22.0. The summed E-state index contributed by atoms with van der Waals surface area (Å²) in [4.78, 5) is 40.7. The van der Waals surface area contributed by atoms with Crippen LogP contribution in [0.3, 0.4) is 0 Å². The SMILES string of the molecule is O=C(CCc1cc2cccnc2n(-c2cccc([N+](=O)[O-])c2)c1=O)c1cc[n+]([O-])cc1. The summed E-state index contributed by atoms with van der Waals surface area (Å²) in [5.41, 5.74) is 0.910. The van der Waals surface area contributed by atoms with Crippen LogP contribution in [0.4, 0.5) is 5.69 Å². The molecule has 0 aliphatic carbocycles. The molecule has 3 aromatic heterocycles. The number of hydrogen-bond donors (Lipinski definition) is 0. The Labute approximate surface area is 175 Å². The number of fused-ring (bicyclic) bond motifs is 1. The van der Waals surface area contributed by atoms with Crippen LogP contribution in [-0.2, 0) is 6.42 Å². The average molecular weight is 416 g/mol. The molecule has 0 atom stereocenters. The minimum atomic E-state index is -0.530. The number of nitrogens with zero attached hydrogens (tertiary/aromatic N) is 4. The van der Waals surface area contributed by atoms with Gasteiger partial charge in [0.25, 0.3) is 11.2 Å². The van der Waals surface area contributed by atoms with E-state index in [1.165, 1.54) is 53.5 Å². The zero-order valence-corrected chi connectivity index (χ0v) is 16.2. The Morgan fingerprint density at radius 2 is 1.87 bits per heavy atom. The molecule has 154 valence electrons. The molecule has 0 aliphatic heterocycles. The summed E-state index contributed by atoms with van der Waals surface area (Å²) < 4.78 is 1.91. The normalized spacial score (nSPS) is 10.8. The van der Waals surface area contributed by atoms with Crippen molar-refractivity contribution in [3.63, 3.8) is 0 Å². The average Bonchev–Trinajstić information content (AvgIpc) is 2.78. The first-order valence-electron chi connectivity index (χ1n) is 9.40. The minimum absolute atomic E-state index is 0.0683. The summed E-state index contributed by atoms with van der Waals surface area (Å²) in [5.74, 6) is -0.201. The predicted molar refractivity (Wildman–Crippen MR) is 112 cm³/mol. The van der Waals surface area contributed by atoms with Gasteiger partial charge in [0, 0.05) is 53.4 Å². The highest BCUT2D eigenvalue weighted by Crippen LogP contribution is 2.20. The van der Waals surface area contributed by atoms with E-state index in [0.717, 1.165) is 0 Å². The smallest absolute Gasteiger partial charge is 0.271 e. The molecule has 0 radical (unpaired) electrons. The summed E-state index contributed by atoms with van der Waals surface area (Å²) >= 11 is 0. The molecule has 0 spiro atoms. The fourth-order valence-corrected chi connectivity index (χ4v) is 3.35. The lowest BCUT2D eigenvalue weighted by Gasteiger charge is -2.12. The van der Waals surface area contributed by atoms with E-state index in [-0.39, 0.29) is 24.3 Å². The van der Waals surface area contributed by atoms with Gasteiger partial charge in [-0.1, -0.05) is 6.07 Å². The minimum Gasteiger partial charge on any atom is -0.619 e. The molecular formula is C22H16N4O5. The lowest BCUT2D eigenvalue weighted by Crippen LogP contribution is -2.25. The van der Waals surface area contributed by atoms with Gasteiger partial charge in [-0.2, -0.15) is 4.73 Å². The molecule has 0 saturated carbocycles. The van der Waals surface area contributed by atoms with Gasteiger partial charge in [0.05, 0.1) is 10.6 Å². The number of aromatic nitrogens is 3. The van der Waals surface area contributed by atoms with Crippen molar-refractivity contribution in [3.8, 4) is 5.69 Å². The molecule has 0 N–H and O–H groups in total. The maximum atomic E-state index is 13.3. The van der Waals surface area contributed by atoms with Crippen LogP contribution in [0.25, 0.3) is 16.7 Å². The van der Waals surface area contributed by atoms with E-state index in [1.807, 2.05) is 0 Å². The second kappa shape index (κ2) is 8.15. The molecule has 31 heavy (non-hydrogen) atoms. The zero-order valence-electron chi connectivity index (χ0n) is 16.2. The van der Waals surface area contributed by atoms with Crippen LogP contribution >= 0.6 is 0 Å². The molecule has 1 aromatic carbocycles. The molecule has 0 fully saturated rings. The van der Waals surface area contributed by atoms with E-state index in [2.05, 4.69) is 4.98 Å². The van der Waals surface area contributed by atoms with Crippen molar-refractivity contribution in [2.75, 3.05) is 0 Å². The van der Waals surface area contributed by atoms with Gasteiger partial charge in [0.15, 0.2) is 18.2 Å². The monoisotopic (exact) mass is 416 g/mol. The Morgan fingerprint density at radius 1 is 1.10 bits per heavy atom. The number of aryl methyl sites for hydroxylation is 1. The van der Waals surface area contributed by atoms with Crippen molar-refractivity contribution in [3.05, 3.63) is 110 Å². The van der Waals surface area contributed by atoms with Crippen molar-refractivity contribution in [2.24, 2.45) is 0 Å². The van der Waals surface area contributed by atoms with Crippen LogP contribution in [0.2, 0.25) is 0 Å². The van der Waals surface area contributed by atoms with Crippen LogP contribution in [0.15, 0.2) is 78.0 Å². The first-order valence-corrected chi connectivity index (χ1v) is 9.40. The number of pyridine rings is 3. The standard InChI is InChI=1S/C22H16N4O5/c27-20(15-8-11-24(29)12-9-15)7-6-17-13-16-3-2-10-23-21(16)25(22(17)28)18-4-1-5-19(14-18)26(30)31/h1-5,8-14H,6-7H2. The summed E-state index contributed by atoms with van der Waals surface area (Å²) in [6.07, 6.45) is 4.26. The summed E-state index contributed by atoms with van der Waals surface area (Å²) in [7, 11) is 0. The number of carbonyl (C=O) groups is 1. The molecule has 0 amide bonds. The molecule has 9 nitrogen and oxygen atoms in total. The fourth-order valence-electron chi connectivity index (χ4n) is 3.35. The Morgan fingerprint density at radius 3 is 2.61 bits per heavy atom. The third kappa shape index (κ3) is 4.01. The van der Waals surface area contributed by atoms with E-state index in [1.54, 1.807) is 24.3 Å². The lowest BCUT2D eigenvalue weighted by atomic mass is 10.0. The van der Waals surface area contributed by atoms with Gasteiger partial charge in [-0.15, -0.1) is 0 Å². The van der Waals surface area contributed by atoms with Crippen molar-refractivity contribution < 1.29 is 14.4 Å². The van der Waals surface area contributed by atoms with Gasteiger partial charge >= 0.3 is 0 Å². The molecule has 0 aliphatic rings. The Balaban J connectivity index is 1.75. The van der Waals surface area contributed by atoms with Crippen LogP contribution in [0.5, 0.6) is 0 Å². The number of nitro benzene ring substituents is 1. The van der Waals surface area contributed by atoms with Gasteiger partial charge in [-0.3, -0.25) is 24.3 Å². The van der Waals surface area contributed by atoms with E-state index in [0.29, 0.717) is 32.6 Å². The third-order valence-electron chi connectivity index (χ3n) is 4.88. The summed E-state index contributed by atoms with van der Waals surface area (Å²) in [5, 5.41) is 23.0. The molecule has 0 unspecified atom stereocenters. The topological polar surface area (TPSA) is 122 Å². The van der Waals surface area contributed by atoms with Crippen LogP contribution < -0.4 is 10.3 Å². The van der Waals surface area contributed by atoms with Crippen LogP contribution in [0, 0.1) is 15.3 Å². The van der Waals surface area contributed by atoms with Gasteiger partial charge in [0.2, 0.25) is 0 Å². The van der Waals surface area contributed by atoms with E-state index >= 15 is 0 Å². The lowest BCUT2D eigenvalue weighted by molar-refractivity contribution is -0.605. The first-order chi connectivity index (χ1) is 14.9.